The highest BCUT2D eigenvalue weighted by atomic mass is 16.7. The van der Waals surface area contributed by atoms with Crippen LogP contribution in [0.5, 0.6) is 11.5 Å². The zero-order valence-electron chi connectivity index (χ0n) is 20.8. The molecule has 0 amide bonds. The number of hydrogen-bond donors (Lipinski definition) is 0. The Bertz CT molecular complexity index is 1350. The minimum Gasteiger partial charge on any atom is -0.457 e. The van der Waals surface area contributed by atoms with Crippen molar-refractivity contribution in [2.75, 3.05) is 6.79 Å². The highest BCUT2D eigenvalue weighted by molar-refractivity contribution is 6.00. The van der Waals surface area contributed by atoms with Crippen molar-refractivity contribution in [2.45, 2.75) is 34.3 Å². The molecule has 0 bridgehead atoms. The van der Waals surface area contributed by atoms with Crippen molar-refractivity contribution in [1.29, 1.82) is 0 Å². The molecule has 0 atom stereocenters. The molecule has 7 nitrogen and oxygen atoms in total. The predicted octanol–water partition coefficient (Wildman–Crippen LogP) is 5.75. The largest absolute Gasteiger partial charge is 0.457 e. The Balaban J connectivity index is 1.70. The van der Waals surface area contributed by atoms with Gasteiger partial charge in [0.2, 0.25) is 6.79 Å². The first-order chi connectivity index (χ1) is 17.1. The van der Waals surface area contributed by atoms with Gasteiger partial charge in [-0.15, -0.1) is 0 Å². The Morgan fingerprint density at radius 1 is 0.778 bits per heavy atom. The van der Waals surface area contributed by atoms with E-state index >= 15 is 0 Å². The van der Waals surface area contributed by atoms with Gasteiger partial charge in [0, 0.05) is 11.1 Å². The Kier molecular flexibility index (Phi) is 8.27. The van der Waals surface area contributed by atoms with Gasteiger partial charge in [0.25, 0.3) is 0 Å². The number of rotatable bonds is 9. The standard InChI is InChI=1S/C29H28O7/c1-17(2)27(30)33-15-21-7-8-22-14-26(20(6)19(5)25(22)13-21)29(32)36-24-11-9-23(10-12-24)34-16-35-28(31)18(3)4/h7-14H,1,3,15-16H2,2,4-6H3. The molecule has 186 valence electrons. The molecule has 3 aromatic rings. The number of carbonyl (C=O) groups is 3. The summed E-state index contributed by atoms with van der Waals surface area (Å²) in [5.41, 5.74) is 3.64. The number of ether oxygens (including phenoxy) is 4. The molecule has 36 heavy (non-hydrogen) atoms. The summed E-state index contributed by atoms with van der Waals surface area (Å²) in [5.74, 6) is -0.665. The molecular weight excluding hydrogens is 460 g/mol. The summed E-state index contributed by atoms with van der Waals surface area (Å²) < 4.78 is 21.0. The Labute approximate surface area is 209 Å². The lowest BCUT2D eigenvalue weighted by atomic mass is 9.94. The second kappa shape index (κ2) is 11.4. The molecule has 0 saturated carbocycles. The van der Waals surface area contributed by atoms with E-state index in [1.807, 2.05) is 32.0 Å². The van der Waals surface area contributed by atoms with Gasteiger partial charge < -0.3 is 18.9 Å². The third-order valence-electron chi connectivity index (χ3n) is 5.52. The second-order valence-electron chi connectivity index (χ2n) is 8.42. The molecule has 0 unspecified atom stereocenters. The molecule has 0 aliphatic carbocycles. The van der Waals surface area contributed by atoms with E-state index in [1.165, 1.54) is 0 Å². The maximum absolute atomic E-state index is 12.9. The Morgan fingerprint density at radius 3 is 2.03 bits per heavy atom. The fourth-order valence-electron chi connectivity index (χ4n) is 3.34. The van der Waals surface area contributed by atoms with E-state index in [4.69, 9.17) is 18.9 Å². The van der Waals surface area contributed by atoms with Crippen LogP contribution in [0.4, 0.5) is 0 Å². The van der Waals surface area contributed by atoms with Crippen LogP contribution in [-0.4, -0.2) is 24.7 Å². The Morgan fingerprint density at radius 2 is 1.39 bits per heavy atom. The zero-order chi connectivity index (χ0) is 26.4. The van der Waals surface area contributed by atoms with Crippen LogP contribution in [0.2, 0.25) is 0 Å². The summed E-state index contributed by atoms with van der Waals surface area (Å²) in [6, 6.07) is 13.9. The number of benzene rings is 3. The predicted molar refractivity (Wildman–Crippen MR) is 136 cm³/mol. The van der Waals surface area contributed by atoms with Crippen molar-refractivity contribution >= 4 is 28.7 Å². The molecule has 0 aromatic heterocycles. The van der Waals surface area contributed by atoms with E-state index in [2.05, 4.69) is 13.2 Å². The van der Waals surface area contributed by atoms with Crippen LogP contribution in [0.25, 0.3) is 10.8 Å². The zero-order valence-corrected chi connectivity index (χ0v) is 20.8. The summed E-state index contributed by atoms with van der Waals surface area (Å²) in [7, 11) is 0. The van der Waals surface area contributed by atoms with Crippen molar-refractivity contribution in [2.24, 2.45) is 0 Å². The van der Waals surface area contributed by atoms with Gasteiger partial charge in [-0.3, -0.25) is 0 Å². The third kappa shape index (κ3) is 6.39. The number of aryl methyl sites for hydroxylation is 1. The fourth-order valence-corrected chi connectivity index (χ4v) is 3.34. The normalized spacial score (nSPS) is 10.4. The van der Waals surface area contributed by atoms with Gasteiger partial charge in [-0.1, -0.05) is 25.3 Å². The first-order valence-corrected chi connectivity index (χ1v) is 11.2. The van der Waals surface area contributed by atoms with Gasteiger partial charge >= 0.3 is 17.9 Å². The lowest BCUT2D eigenvalue weighted by Gasteiger charge is -2.14. The van der Waals surface area contributed by atoms with E-state index in [0.29, 0.717) is 22.6 Å². The monoisotopic (exact) mass is 488 g/mol. The Hall–Kier alpha value is -4.39. The van der Waals surface area contributed by atoms with Crippen LogP contribution in [0, 0.1) is 13.8 Å². The molecule has 0 saturated heterocycles. The summed E-state index contributed by atoms with van der Waals surface area (Å²) in [4.78, 5) is 36.0. The lowest BCUT2D eigenvalue weighted by molar-refractivity contribution is -0.145. The maximum Gasteiger partial charge on any atom is 0.343 e. The van der Waals surface area contributed by atoms with E-state index in [9.17, 15) is 14.4 Å². The van der Waals surface area contributed by atoms with Gasteiger partial charge in [-0.05, 0) is 91.6 Å². The van der Waals surface area contributed by atoms with Crippen LogP contribution in [0.15, 0.2) is 72.8 Å². The summed E-state index contributed by atoms with van der Waals surface area (Å²) in [5, 5.41) is 1.83. The van der Waals surface area contributed by atoms with Crippen LogP contribution in [-0.2, 0) is 25.7 Å². The minimum absolute atomic E-state index is 0.139. The molecule has 0 radical (unpaired) electrons. The van der Waals surface area contributed by atoms with E-state index in [1.54, 1.807) is 44.2 Å². The van der Waals surface area contributed by atoms with E-state index in [-0.39, 0.29) is 19.0 Å². The maximum atomic E-state index is 12.9. The average Bonchev–Trinajstić information content (AvgIpc) is 2.85. The SMILES string of the molecule is C=C(C)C(=O)OCOc1ccc(OC(=O)c2cc3ccc(COC(=O)C(=C)C)cc3c(C)c2C)cc1. The topological polar surface area (TPSA) is 88.1 Å². The van der Waals surface area contributed by atoms with Gasteiger partial charge in [0.1, 0.15) is 18.1 Å². The molecule has 0 N–H and O–H groups in total. The number of hydrogen-bond acceptors (Lipinski definition) is 7. The molecule has 0 fully saturated rings. The molecule has 3 aromatic carbocycles. The van der Waals surface area contributed by atoms with Crippen molar-refractivity contribution in [1.82, 2.24) is 0 Å². The molecule has 0 spiro atoms. The average molecular weight is 489 g/mol. The molecule has 0 aliphatic heterocycles. The molecule has 0 aliphatic rings. The van der Waals surface area contributed by atoms with Crippen molar-refractivity contribution in [3.05, 3.63) is 95.1 Å². The van der Waals surface area contributed by atoms with Gasteiger partial charge in [0.15, 0.2) is 0 Å². The van der Waals surface area contributed by atoms with E-state index in [0.717, 1.165) is 27.5 Å². The molecule has 7 heteroatoms. The quantitative estimate of drug-likeness (QED) is 0.164. The van der Waals surface area contributed by atoms with Crippen LogP contribution in [0.1, 0.15) is 40.9 Å². The third-order valence-corrected chi connectivity index (χ3v) is 5.52. The lowest BCUT2D eigenvalue weighted by Crippen LogP contribution is -2.12. The van der Waals surface area contributed by atoms with Crippen LogP contribution in [0.3, 0.4) is 0 Å². The van der Waals surface area contributed by atoms with Gasteiger partial charge in [-0.25, -0.2) is 14.4 Å². The number of fused-ring (bicyclic) bond motifs is 1. The second-order valence-corrected chi connectivity index (χ2v) is 8.42. The van der Waals surface area contributed by atoms with Gasteiger partial charge in [-0.2, -0.15) is 0 Å². The highest BCUT2D eigenvalue weighted by Crippen LogP contribution is 2.28. The number of carbonyl (C=O) groups excluding carboxylic acids is 3. The fraction of sp³-hybridized carbons (Fsp3) is 0.207. The molecule has 0 heterocycles. The van der Waals surface area contributed by atoms with Crippen molar-refractivity contribution < 1.29 is 33.3 Å². The first kappa shape index (κ1) is 26.2. The van der Waals surface area contributed by atoms with E-state index < -0.39 is 17.9 Å². The summed E-state index contributed by atoms with van der Waals surface area (Å²) >= 11 is 0. The first-order valence-electron chi connectivity index (χ1n) is 11.2. The number of esters is 3. The summed E-state index contributed by atoms with van der Waals surface area (Å²) in [6.07, 6.45) is 0. The molecular formula is C29H28O7. The van der Waals surface area contributed by atoms with Gasteiger partial charge in [0.05, 0.1) is 5.56 Å². The van der Waals surface area contributed by atoms with Crippen molar-refractivity contribution in [3.8, 4) is 11.5 Å². The minimum atomic E-state index is -0.538. The van der Waals surface area contributed by atoms with Crippen molar-refractivity contribution in [3.63, 3.8) is 0 Å². The molecule has 3 rings (SSSR count). The highest BCUT2D eigenvalue weighted by Gasteiger charge is 2.16. The van der Waals surface area contributed by atoms with Crippen LogP contribution >= 0.6 is 0 Å². The van der Waals surface area contributed by atoms with Crippen LogP contribution < -0.4 is 9.47 Å². The smallest absolute Gasteiger partial charge is 0.343 e. The summed E-state index contributed by atoms with van der Waals surface area (Å²) in [6.45, 7) is 13.9.